The van der Waals surface area contributed by atoms with Crippen molar-refractivity contribution in [3.05, 3.63) is 0 Å². The lowest BCUT2D eigenvalue weighted by atomic mass is 10.1. The van der Waals surface area contributed by atoms with Gasteiger partial charge in [-0.25, -0.2) is 13.1 Å². The molecular weight excluding hydrogens is 216 g/mol. The standard InChI is InChI=1S/C9H22N2O3S/c1-5-14-9(2,3)8-11-15(12,13)7-6-10-4/h10-11H,5-8H2,1-4H3. The average molecular weight is 238 g/mol. The Kier molecular flexibility index (Phi) is 6.35. The summed E-state index contributed by atoms with van der Waals surface area (Å²) >= 11 is 0. The monoisotopic (exact) mass is 238 g/mol. The quantitative estimate of drug-likeness (QED) is 0.622. The zero-order chi connectivity index (χ0) is 11.9. The molecular formula is C9H22N2O3S. The van der Waals surface area contributed by atoms with Gasteiger partial charge in [-0.2, -0.15) is 0 Å². The van der Waals surface area contributed by atoms with E-state index >= 15 is 0 Å². The van der Waals surface area contributed by atoms with Gasteiger partial charge in [-0.15, -0.1) is 0 Å². The number of sulfonamides is 1. The molecule has 0 rings (SSSR count). The second kappa shape index (κ2) is 6.42. The van der Waals surface area contributed by atoms with E-state index in [-0.39, 0.29) is 5.75 Å². The predicted octanol–water partition coefficient (Wildman–Crippen LogP) is -0.0597. The van der Waals surface area contributed by atoms with Gasteiger partial charge >= 0.3 is 0 Å². The minimum atomic E-state index is -3.19. The van der Waals surface area contributed by atoms with Gasteiger partial charge < -0.3 is 10.1 Å². The third-order valence-electron chi connectivity index (χ3n) is 1.87. The van der Waals surface area contributed by atoms with Crippen LogP contribution in [0.2, 0.25) is 0 Å². The maximum atomic E-state index is 11.4. The van der Waals surface area contributed by atoms with E-state index in [1.54, 1.807) is 7.05 Å². The lowest BCUT2D eigenvalue weighted by molar-refractivity contribution is -0.00514. The van der Waals surface area contributed by atoms with Gasteiger partial charge in [-0.1, -0.05) is 0 Å². The van der Waals surface area contributed by atoms with Gasteiger partial charge in [0, 0.05) is 19.7 Å². The van der Waals surface area contributed by atoms with Crippen LogP contribution < -0.4 is 10.0 Å². The van der Waals surface area contributed by atoms with Crippen LogP contribution in [0.4, 0.5) is 0 Å². The fraction of sp³-hybridized carbons (Fsp3) is 1.00. The van der Waals surface area contributed by atoms with Crippen LogP contribution in [-0.2, 0) is 14.8 Å². The Morgan fingerprint density at radius 2 is 1.93 bits per heavy atom. The molecule has 0 fully saturated rings. The summed E-state index contributed by atoms with van der Waals surface area (Å²) < 4.78 is 30.8. The van der Waals surface area contributed by atoms with E-state index in [1.807, 2.05) is 20.8 Å². The summed E-state index contributed by atoms with van der Waals surface area (Å²) in [6.45, 7) is 6.92. The van der Waals surface area contributed by atoms with Crippen LogP contribution in [0.5, 0.6) is 0 Å². The van der Waals surface area contributed by atoms with E-state index in [2.05, 4.69) is 10.0 Å². The third-order valence-corrected chi connectivity index (χ3v) is 3.20. The molecule has 92 valence electrons. The Hall–Kier alpha value is -0.170. The van der Waals surface area contributed by atoms with E-state index in [1.165, 1.54) is 0 Å². The first-order valence-electron chi connectivity index (χ1n) is 5.09. The highest BCUT2D eigenvalue weighted by molar-refractivity contribution is 7.89. The summed E-state index contributed by atoms with van der Waals surface area (Å²) in [7, 11) is -1.47. The Balaban J connectivity index is 4.02. The van der Waals surface area contributed by atoms with Crippen molar-refractivity contribution in [3.8, 4) is 0 Å². The minimum Gasteiger partial charge on any atom is -0.375 e. The molecule has 0 aromatic carbocycles. The largest absolute Gasteiger partial charge is 0.375 e. The predicted molar refractivity (Wildman–Crippen MR) is 61.4 cm³/mol. The van der Waals surface area contributed by atoms with Crippen molar-refractivity contribution in [2.24, 2.45) is 0 Å². The van der Waals surface area contributed by atoms with E-state index in [0.717, 1.165) is 0 Å². The maximum Gasteiger partial charge on any atom is 0.212 e. The first-order valence-corrected chi connectivity index (χ1v) is 6.74. The Morgan fingerprint density at radius 3 is 2.40 bits per heavy atom. The number of rotatable bonds is 8. The molecule has 5 nitrogen and oxygen atoms in total. The summed E-state index contributed by atoms with van der Waals surface area (Å²) in [5, 5.41) is 2.80. The van der Waals surface area contributed by atoms with E-state index in [0.29, 0.717) is 19.7 Å². The molecule has 0 aromatic rings. The highest BCUT2D eigenvalue weighted by atomic mass is 32.2. The zero-order valence-corrected chi connectivity index (χ0v) is 10.8. The highest BCUT2D eigenvalue weighted by Gasteiger charge is 2.20. The summed E-state index contributed by atoms with van der Waals surface area (Å²) in [5.74, 6) is 0.0890. The molecule has 2 N–H and O–H groups in total. The molecule has 0 aliphatic rings. The lowest BCUT2D eigenvalue weighted by Gasteiger charge is -2.24. The van der Waals surface area contributed by atoms with Crippen molar-refractivity contribution >= 4 is 10.0 Å². The Bertz CT molecular complexity index is 263. The van der Waals surface area contributed by atoms with Gasteiger partial charge in [-0.3, -0.25) is 0 Å². The molecule has 0 radical (unpaired) electrons. The van der Waals surface area contributed by atoms with Crippen LogP contribution in [0.1, 0.15) is 20.8 Å². The number of ether oxygens (including phenoxy) is 1. The zero-order valence-electron chi connectivity index (χ0n) is 9.96. The van der Waals surface area contributed by atoms with Crippen LogP contribution in [0, 0.1) is 0 Å². The molecule has 0 aliphatic carbocycles. The normalized spacial score (nSPS) is 13.1. The van der Waals surface area contributed by atoms with E-state index in [9.17, 15) is 8.42 Å². The summed E-state index contributed by atoms with van der Waals surface area (Å²) in [4.78, 5) is 0. The van der Waals surface area contributed by atoms with Crippen LogP contribution in [0.3, 0.4) is 0 Å². The molecule has 15 heavy (non-hydrogen) atoms. The topological polar surface area (TPSA) is 67.4 Å². The van der Waals surface area contributed by atoms with E-state index in [4.69, 9.17) is 4.74 Å². The van der Waals surface area contributed by atoms with Gasteiger partial charge in [0.2, 0.25) is 10.0 Å². The summed E-state index contributed by atoms with van der Waals surface area (Å²) in [6, 6.07) is 0. The molecule has 0 heterocycles. The second-order valence-corrected chi connectivity index (χ2v) is 5.86. The fourth-order valence-corrected chi connectivity index (χ4v) is 2.22. The van der Waals surface area contributed by atoms with Crippen molar-refractivity contribution < 1.29 is 13.2 Å². The van der Waals surface area contributed by atoms with Gasteiger partial charge in [0.05, 0.1) is 11.4 Å². The lowest BCUT2D eigenvalue weighted by Crippen LogP contribution is -2.42. The Labute approximate surface area is 92.6 Å². The third kappa shape index (κ3) is 7.72. The second-order valence-electron chi connectivity index (χ2n) is 3.94. The first-order chi connectivity index (χ1) is 6.83. The molecule has 0 saturated heterocycles. The molecule has 0 saturated carbocycles. The molecule has 0 bridgehead atoms. The van der Waals surface area contributed by atoms with Crippen LogP contribution in [0.15, 0.2) is 0 Å². The summed E-state index contributed by atoms with van der Waals surface area (Å²) in [6.07, 6.45) is 0. The molecule has 0 aliphatic heterocycles. The fourth-order valence-electron chi connectivity index (χ4n) is 1.03. The van der Waals surface area contributed by atoms with Gasteiger partial charge in [0.15, 0.2) is 0 Å². The smallest absolute Gasteiger partial charge is 0.212 e. The van der Waals surface area contributed by atoms with Gasteiger partial charge in [0.25, 0.3) is 0 Å². The van der Waals surface area contributed by atoms with Crippen LogP contribution in [0.25, 0.3) is 0 Å². The van der Waals surface area contributed by atoms with E-state index < -0.39 is 15.6 Å². The summed E-state index contributed by atoms with van der Waals surface area (Å²) in [5.41, 5.74) is -0.457. The van der Waals surface area contributed by atoms with Crippen molar-refractivity contribution in [2.75, 3.05) is 32.5 Å². The van der Waals surface area contributed by atoms with Crippen LogP contribution >= 0.6 is 0 Å². The number of nitrogens with one attached hydrogen (secondary N) is 2. The maximum absolute atomic E-state index is 11.4. The van der Waals surface area contributed by atoms with Crippen molar-refractivity contribution in [1.82, 2.24) is 10.0 Å². The number of hydrogen-bond acceptors (Lipinski definition) is 4. The SMILES string of the molecule is CCOC(C)(C)CNS(=O)(=O)CCNC. The van der Waals surface area contributed by atoms with Gasteiger partial charge in [0.1, 0.15) is 0 Å². The van der Waals surface area contributed by atoms with Crippen molar-refractivity contribution in [2.45, 2.75) is 26.4 Å². The minimum absolute atomic E-state index is 0.0890. The molecule has 6 heteroatoms. The van der Waals surface area contributed by atoms with Crippen molar-refractivity contribution in [1.29, 1.82) is 0 Å². The highest BCUT2D eigenvalue weighted by Crippen LogP contribution is 2.07. The van der Waals surface area contributed by atoms with Crippen LogP contribution in [-0.4, -0.2) is 46.5 Å². The molecule has 0 amide bonds. The molecule has 0 spiro atoms. The van der Waals surface area contributed by atoms with Crippen molar-refractivity contribution in [3.63, 3.8) is 0 Å². The Morgan fingerprint density at radius 1 is 1.33 bits per heavy atom. The van der Waals surface area contributed by atoms with Gasteiger partial charge in [-0.05, 0) is 27.8 Å². The molecule has 0 aromatic heterocycles. The first kappa shape index (κ1) is 14.8. The average Bonchev–Trinajstić information content (AvgIpc) is 2.12. The number of hydrogen-bond donors (Lipinski definition) is 2. The molecule has 0 unspecified atom stereocenters. The molecule has 0 atom stereocenters.